The number of guanidine groups is 1. The molecule has 0 aromatic heterocycles. The van der Waals surface area contributed by atoms with Crippen molar-refractivity contribution in [3.05, 3.63) is 35.4 Å². The van der Waals surface area contributed by atoms with Crippen molar-refractivity contribution in [2.45, 2.75) is 65.3 Å². The van der Waals surface area contributed by atoms with Crippen LogP contribution in [0.15, 0.2) is 29.3 Å². The highest BCUT2D eigenvalue weighted by Gasteiger charge is 2.26. The summed E-state index contributed by atoms with van der Waals surface area (Å²) in [6, 6.07) is 9.09. The van der Waals surface area contributed by atoms with Gasteiger partial charge in [0.15, 0.2) is 5.96 Å². The second kappa shape index (κ2) is 11.1. The Balaban J connectivity index is 1.78. The van der Waals surface area contributed by atoms with E-state index in [9.17, 15) is 4.79 Å². The summed E-state index contributed by atoms with van der Waals surface area (Å²) in [6.07, 6.45) is 3.81. The molecule has 0 saturated carbocycles. The number of piperidine rings is 1. The van der Waals surface area contributed by atoms with E-state index in [4.69, 9.17) is 0 Å². The van der Waals surface area contributed by atoms with E-state index in [0.29, 0.717) is 17.9 Å². The second-order valence-corrected chi connectivity index (χ2v) is 8.02. The van der Waals surface area contributed by atoms with E-state index in [1.54, 1.807) is 0 Å². The van der Waals surface area contributed by atoms with E-state index in [0.717, 1.165) is 51.3 Å². The van der Waals surface area contributed by atoms with Crippen molar-refractivity contribution in [3.63, 3.8) is 0 Å². The molecule has 1 amide bonds. The Labute approximate surface area is 171 Å². The fourth-order valence-corrected chi connectivity index (χ4v) is 3.79. The van der Waals surface area contributed by atoms with E-state index < -0.39 is 0 Å². The monoisotopic (exact) mass is 386 g/mol. The lowest BCUT2D eigenvalue weighted by Gasteiger charge is -2.35. The summed E-state index contributed by atoms with van der Waals surface area (Å²) >= 11 is 0. The Morgan fingerprint density at radius 2 is 1.79 bits per heavy atom. The SMILES string of the molecule is CCC(CC)C(=O)N1CCC(NC(=NC)NCC(C)c2ccc(C)cc2)CC1. The van der Waals surface area contributed by atoms with Crippen molar-refractivity contribution in [1.29, 1.82) is 0 Å². The van der Waals surface area contributed by atoms with Crippen LogP contribution in [0.5, 0.6) is 0 Å². The van der Waals surface area contributed by atoms with Gasteiger partial charge in [0.1, 0.15) is 0 Å². The number of carbonyl (C=O) groups is 1. The van der Waals surface area contributed by atoms with Crippen LogP contribution in [0.4, 0.5) is 0 Å². The third kappa shape index (κ3) is 6.25. The maximum Gasteiger partial charge on any atom is 0.225 e. The molecule has 28 heavy (non-hydrogen) atoms. The van der Waals surface area contributed by atoms with Crippen LogP contribution in [0, 0.1) is 12.8 Å². The summed E-state index contributed by atoms with van der Waals surface area (Å²) in [5.74, 6) is 1.78. The van der Waals surface area contributed by atoms with Crippen LogP contribution < -0.4 is 10.6 Å². The van der Waals surface area contributed by atoms with Crippen LogP contribution in [0.25, 0.3) is 0 Å². The summed E-state index contributed by atoms with van der Waals surface area (Å²) in [5, 5.41) is 7.00. The average molecular weight is 387 g/mol. The van der Waals surface area contributed by atoms with E-state index in [-0.39, 0.29) is 5.92 Å². The highest BCUT2D eigenvalue weighted by atomic mass is 16.2. The van der Waals surface area contributed by atoms with Gasteiger partial charge in [-0.15, -0.1) is 0 Å². The van der Waals surface area contributed by atoms with Crippen molar-refractivity contribution in [2.24, 2.45) is 10.9 Å². The maximum atomic E-state index is 12.5. The van der Waals surface area contributed by atoms with Gasteiger partial charge in [-0.3, -0.25) is 9.79 Å². The van der Waals surface area contributed by atoms with Crippen molar-refractivity contribution < 1.29 is 4.79 Å². The Bertz CT molecular complexity index is 629. The van der Waals surface area contributed by atoms with Crippen LogP contribution in [0.1, 0.15) is 63.5 Å². The molecule has 1 aromatic rings. The summed E-state index contributed by atoms with van der Waals surface area (Å²) in [5.41, 5.74) is 2.62. The van der Waals surface area contributed by atoms with Gasteiger partial charge in [0.05, 0.1) is 0 Å². The number of aliphatic imine (C=N–C) groups is 1. The quantitative estimate of drug-likeness (QED) is 0.555. The number of nitrogens with zero attached hydrogens (tertiary/aromatic N) is 2. The molecule has 1 aliphatic rings. The van der Waals surface area contributed by atoms with Gasteiger partial charge in [-0.2, -0.15) is 0 Å². The number of aryl methyl sites for hydroxylation is 1. The third-order valence-corrected chi connectivity index (χ3v) is 5.93. The molecule has 1 unspecified atom stereocenters. The number of likely N-dealkylation sites (tertiary alicyclic amines) is 1. The summed E-state index contributed by atoms with van der Waals surface area (Å²) in [6.45, 7) is 11.1. The van der Waals surface area contributed by atoms with E-state index in [2.05, 4.69) is 67.6 Å². The minimum Gasteiger partial charge on any atom is -0.356 e. The smallest absolute Gasteiger partial charge is 0.225 e. The molecule has 1 saturated heterocycles. The first kappa shape index (κ1) is 22.3. The number of hydrogen-bond acceptors (Lipinski definition) is 2. The minimum atomic E-state index is 0.183. The Kier molecular flexibility index (Phi) is 8.81. The highest BCUT2D eigenvalue weighted by Crippen LogP contribution is 2.18. The first-order valence-electron chi connectivity index (χ1n) is 10.8. The van der Waals surface area contributed by atoms with Crippen molar-refractivity contribution in [2.75, 3.05) is 26.7 Å². The average Bonchev–Trinajstić information content (AvgIpc) is 2.72. The zero-order valence-electron chi connectivity index (χ0n) is 18.3. The molecule has 156 valence electrons. The van der Waals surface area contributed by atoms with Crippen LogP contribution in [-0.2, 0) is 4.79 Å². The molecule has 1 aromatic carbocycles. The lowest BCUT2D eigenvalue weighted by molar-refractivity contribution is -0.136. The molecule has 1 aliphatic heterocycles. The lowest BCUT2D eigenvalue weighted by Crippen LogP contribution is -2.51. The minimum absolute atomic E-state index is 0.183. The van der Waals surface area contributed by atoms with Crippen molar-refractivity contribution in [3.8, 4) is 0 Å². The summed E-state index contributed by atoms with van der Waals surface area (Å²) in [4.78, 5) is 19.0. The zero-order valence-corrected chi connectivity index (χ0v) is 18.3. The van der Waals surface area contributed by atoms with E-state index >= 15 is 0 Å². The van der Waals surface area contributed by atoms with Crippen molar-refractivity contribution >= 4 is 11.9 Å². The van der Waals surface area contributed by atoms with Crippen LogP contribution in [0.3, 0.4) is 0 Å². The Hall–Kier alpha value is -2.04. The van der Waals surface area contributed by atoms with Gasteiger partial charge in [0.25, 0.3) is 0 Å². The molecule has 0 bridgehead atoms. The van der Waals surface area contributed by atoms with Crippen LogP contribution in [-0.4, -0.2) is 49.5 Å². The number of carbonyl (C=O) groups excluding carboxylic acids is 1. The number of nitrogens with one attached hydrogen (secondary N) is 2. The van der Waals surface area contributed by atoms with Crippen LogP contribution in [0.2, 0.25) is 0 Å². The van der Waals surface area contributed by atoms with Crippen molar-refractivity contribution in [1.82, 2.24) is 15.5 Å². The molecule has 5 nitrogen and oxygen atoms in total. The van der Waals surface area contributed by atoms with Gasteiger partial charge in [0, 0.05) is 38.6 Å². The van der Waals surface area contributed by atoms with Crippen LogP contribution >= 0.6 is 0 Å². The topological polar surface area (TPSA) is 56.7 Å². The molecule has 2 N–H and O–H groups in total. The lowest BCUT2D eigenvalue weighted by atomic mass is 9.98. The third-order valence-electron chi connectivity index (χ3n) is 5.93. The molecule has 1 heterocycles. The zero-order chi connectivity index (χ0) is 20.5. The first-order valence-corrected chi connectivity index (χ1v) is 10.8. The predicted octanol–water partition coefficient (Wildman–Crippen LogP) is 3.69. The normalized spacial score (nSPS) is 16.9. The standard InChI is InChI=1S/C23H38N4O/c1-6-19(7-2)22(28)27-14-12-21(13-15-27)26-23(24-5)25-16-18(4)20-10-8-17(3)9-11-20/h8-11,18-19,21H,6-7,12-16H2,1-5H3,(H2,24,25,26). The molecule has 5 heteroatoms. The van der Waals surface area contributed by atoms with Gasteiger partial charge in [-0.25, -0.2) is 0 Å². The van der Waals surface area contributed by atoms with E-state index in [1.807, 2.05) is 11.9 Å². The second-order valence-electron chi connectivity index (χ2n) is 8.02. The molecule has 1 fully saturated rings. The molecule has 2 rings (SSSR count). The summed E-state index contributed by atoms with van der Waals surface area (Å²) < 4.78 is 0. The molecule has 1 atom stereocenters. The fourth-order valence-electron chi connectivity index (χ4n) is 3.79. The maximum absolute atomic E-state index is 12.5. The highest BCUT2D eigenvalue weighted by molar-refractivity contribution is 5.80. The van der Waals surface area contributed by atoms with Gasteiger partial charge in [-0.05, 0) is 44.1 Å². The predicted molar refractivity (Wildman–Crippen MR) is 118 cm³/mol. The number of benzene rings is 1. The number of amides is 1. The number of hydrogen-bond donors (Lipinski definition) is 2. The van der Waals surface area contributed by atoms with Gasteiger partial charge >= 0.3 is 0 Å². The molecule has 0 aliphatic carbocycles. The largest absolute Gasteiger partial charge is 0.356 e. The Morgan fingerprint density at radius 3 is 2.32 bits per heavy atom. The molecular formula is C23H38N4O. The number of rotatable bonds is 7. The van der Waals surface area contributed by atoms with Gasteiger partial charge in [-0.1, -0.05) is 50.6 Å². The van der Waals surface area contributed by atoms with Gasteiger partial charge in [0.2, 0.25) is 5.91 Å². The fraction of sp³-hybridized carbons (Fsp3) is 0.652. The van der Waals surface area contributed by atoms with Gasteiger partial charge < -0.3 is 15.5 Å². The molecule has 0 spiro atoms. The van der Waals surface area contributed by atoms with E-state index in [1.165, 1.54) is 11.1 Å². The first-order chi connectivity index (χ1) is 13.5. The molecular weight excluding hydrogens is 348 g/mol. The Morgan fingerprint density at radius 1 is 1.18 bits per heavy atom. The molecule has 0 radical (unpaired) electrons. The summed E-state index contributed by atoms with van der Waals surface area (Å²) in [7, 11) is 1.82.